The lowest BCUT2D eigenvalue weighted by atomic mass is 9.82. The first kappa shape index (κ1) is 26.6. The average Bonchev–Trinajstić information content (AvgIpc) is 2.93. The number of fused-ring (bicyclic) bond motifs is 1. The molecule has 0 bridgehead atoms. The number of likely N-dealkylation sites (N-methyl/N-ethyl adjacent to an activating group) is 1. The molecule has 1 saturated heterocycles. The summed E-state index contributed by atoms with van der Waals surface area (Å²) >= 11 is 0. The Hall–Kier alpha value is -4.02. The predicted octanol–water partition coefficient (Wildman–Crippen LogP) is 3.54. The third-order valence-corrected chi connectivity index (χ3v) is 7.34. The van der Waals surface area contributed by atoms with Crippen LogP contribution in [0.15, 0.2) is 55.3 Å². The van der Waals surface area contributed by atoms with Crippen molar-refractivity contribution in [3.63, 3.8) is 0 Å². The van der Waals surface area contributed by atoms with Crippen molar-refractivity contribution in [3.05, 3.63) is 72.1 Å². The molecule has 10 heteroatoms. The fraction of sp³-hybridized carbons (Fsp3) is 0.379. The Morgan fingerprint density at radius 2 is 1.87 bits per heavy atom. The van der Waals surface area contributed by atoms with Crippen LogP contribution in [0.2, 0.25) is 0 Å². The minimum Gasteiger partial charge on any atom is -0.369 e. The van der Waals surface area contributed by atoms with Crippen LogP contribution >= 0.6 is 0 Å². The number of pyridine rings is 1. The molecule has 0 saturated carbocycles. The van der Waals surface area contributed by atoms with Crippen molar-refractivity contribution in [2.24, 2.45) is 5.73 Å². The summed E-state index contributed by atoms with van der Waals surface area (Å²) in [5.41, 5.74) is 10.5. The lowest BCUT2D eigenvalue weighted by Crippen LogP contribution is -2.44. The lowest BCUT2D eigenvalue weighted by molar-refractivity contribution is 0.0958. The van der Waals surface area contributed by atoms with Gasteiger partial charge in [-0.1, -0.05) is 12.1 Å². The topological polar surface area (TPSA) is 124 Å². The number of carbonyl (C=O) groups is 1. The molecule has 5 N–H and O–H groups in total. The van der Waals surface area contributed by atoms with E-state index in [0.717, 1.165) is 62.4 Å². The number of nitrogens with zero attached hydrogens (tertiary/aromatic N) is 5. The summed E-state index contributed by atoms with van der Waals surface area (Å²) in [5.74, 6) is 0.991. The number of piperazine rings is 1. The van der Waals surface area contributed by atoms with Crippen molar-refractivity contribution < 1.29 is 4.79 Å². The first-order chi connectivity index (χ1) is 18.8. The molecular weight excluding hydrogens is 490 g/mol. The van der Waals surface area contributed by atoms with Gasteiger partial charge >= 0.3 is 0 Å². The summed E-state index contributed by atoms with van der Waals surface area (Å²) in [4.78, 5) is 31.5. The molecule has 3 heterocycles. The van der Waals surface area contributed by atoms with Gasteiger partial charge in [0.15, 0.2) is 0 Å². The van der Waals surface area contributed by atoms with E-state index in [2.05, 4.69) is 67.5 Å². The number of hydrogen-bond donors (Lipinski definition) is 4. The van der Waals surface area contributed by atoms with Gasteiger partial charge in [0.1, 0.15) is 17.2 Å². The number of rotatable bonds is 8. The molecular formula is C29H37N9O. The van der Waals surface area contributed by atoms with Crippen LogP contribution in [0.5, 0.6) is 0 Å². The second-order valence-electron chi connectivity index (χ2n) is 10.5. The number of benzene rings is 1. The molecule has 1 aliphatic heterocycles. The van der Waals surface area contributed by atoms with E-state index in [-0.39, 0.29) is 5.91 Å². The number of aryl methyl sites for hydroxylation is 1. The highest BCUT2D eigenvalue weighted by molar-refractivity contribution is 5.99. The van der Waals surface area contributed by atoms with Gasteiger partial charge in [0.2, 0.25) is 5.95 Å². The van der Waals surface area contributed by atoms with Gasteiger partial charge in [-0.2, -0.15) is 4.98 Å². The Kier molecular flexibility index (Phi) is 7.76. The summed E-state index contributed by atoms with van der Waals surface area (Å²) < 4.78 is 0. The van der Waals surface area contributed by atoms with Gasteiger partial charge in [-0.25, -0.2) is 9.97 Å². The monoisotopic (exact) mass is 527 g/mol. The number of nitrogens with one attached hydrogen (secondary N) is 3. The average molecular weight is 528 g/mol. The molecule has 1 fully saturated rings. The van der Waals surface area contributed by atoms with Crippen molar-refractivity contribution in [3.8, 4) is 0 Å². The van der Waals surface area contributed by atoms with E-state index in [9.17, 15) is 4.79 Å². The van der Waals surface area contributed by atoms with E-state index in [1.54, 1.807) is 6.08 Å². The first-order valence-electron chi connectivity index (χ1n) is 13.5. The molecule has 1 amide bonds. The lowest BCUT2D eigenvalue weighted by Gasteiger charge is -2.34. The van der Waals surface area contributed by atoms with Crippen LogP contribution in [0.1, 0.15) is 41.4 Å². The Morgan fingerprint density at radius 3 is 2.62 bits per heavy atom. The normalized spacial score (nSPS) is 19.2. The largest absolute Gasteiger partial charge is 0.369 e. The Morgan fingerprint density at radius 1 is 1.10 bits per heavy atom. The van der Waals surface area contributed by atoms with Crippen LogP contribution in [0.25, 0.3) is 0 Å². The van der Waals surface area contributed by atoms with Crippen LogP contribution in [0, 0.1) is 0 Å². The molecule has 204 valence electrons. The van der Waals surface area contributed by atoms with Gasteiger partial charge in [-0.15, -0.1) is 6.58 Å². The van der Waals surface area contributed by atoms with Gasteiger partial charge in [-0.05, 0) is 69.1 Å². The summed E-state index contributed by atoms with van der Waals surface area (Å²) in [6, 6.07) is 12.2. The van der Waals surface area contributed by atoms with Crippen LogP contribution in [-0.2, 0) is 12.0 Å². The molecule has 39 heavy (non-hydrogen) atoms. The van der Waals surface area contributed by atoms with Crippen molar-refractivity contribution >= 4 is 34.9 Å². The zero-order chi connectivity index (χ0) is 27.4. The highest BCUT2D eigenvalue weighted by Gasteiger charge is 2.30. The molecule has 0 unspecified atom stereocenters. The number of carbonyl (C=O) groups excluding carboxylic acids is 1. The summed E-state index contributed by atoms with van der Waals surface area (Å²) in [5, 5.41) is 9.31. The molecule has 10 nitrogen and oxygen atoms in total. The number of aromatic nitrogens is 3. The maximum Gasteiger partial charge on any atom is 0.256 e. The quantitative estimate of drug-likeness (QED) is 0.326. The summed E-state index contributed by atoms with van der Waals surface area (Å²) in [6.45, 7) is 10.2. The highest BCUT2D eigenvalue weighted by Crippen LogP contribution is 2.33. The zero-order valence-corrected chi connectivity index (χ0v) is 22.7. The first-order valence-corrected chi connectivity index (χ1v) is 13.5. The Balaban J connectivity index is 1.38. The number of nitrogens with two attached hydrogens (primary N) is 1. The van der Waals surface area contributed by atoms with Crippen molar-refractivity contribution in [1.82, 2.24) is 25.2 Å². The number of anilines is 5. The molecule has 2 aromatic heterocycles. The van der Waals surface area contributed by atoms with E-state index in [1.165, 1.54) is 11.9 Å². The van der Waals surface area contributed by atoms with Gasteiger partial charge in [0.05, 0.1) is 11.2 Å². The molecule has 2 aliphatic rings. The van der Waals surface area contributed by atoms with Crippen LogP contribution < -0.4 is 26.6 Å². The zero-order valence-electron chi connectivity index (χ0n) is 22.7. The number of amides is 1. The predicted molar refractivity (Wildman–Crippen MR) is 156 cm³/mol. The smallest absolute Gasteiger partial charge is 0.256 e. The van der Waals surface area contributed by atoms with Gasteiger partial charge in [0.25, 0.3) is 5.91 Å². The van der Waals surface area contributed by atoms with E-state index in [0.29, 0.717) is 29.7 Å². The minimum atomic E-state index is -0.496. The molecule has 3 aromatic rings. The van der Waals surface area contributed by atoms with Gasteiger partial charge in [-0.3, -0.25) is 4.79 Å². The summed E-state index contributed by atoms with van der Waals surface area (Å²) in [7, 11) is 2.15. The maximum absolute atomic E-state index is 12.9. The van der Waals surface area contributed by atoms with E-state index in [4.69, 9.17) is 10.7 Å². The Bertz CT molecular complexity index is 1330. The highest BCUT2D eigenvalue weighted by atomic mass is 16.1. The van der Waals surface area contributed by atoms with E-state index < -0.39 is 5.54 Å². The molecule has 0 spiro atoms. The third kappa shape index (κ3) is 6.18. The fourth-order valence-corrected chi connectivity index (χ4v) is 5.05. The van der Waals surface area contributed by atoms with Gasteiger partial charge < -0.3 is 31.5 Å². The van der Waals surface area contributed by atoms with Crippen LogP contribution in [0.4, 0.5) is 29.0 Å². The molecule has 5 rings (SSSR count). The van der Waals surface area contributed by atoms with Crippen LogP contribution in [0.3, 0.4) is 0 Å². The van der Waals surface area contributed by atoms with Crippen molar-refractivity contribution in [2.75, 3.05) is 55.3 Å². The van der Waals surface area contributed by atoms with E-state index in [1.807, 2.05) is 25.1 Å². The SMILES string of the molecule is C=CCNC(=O)c1cnc(Nc2ccc(N3CCN(C)CC3)cc2)nc1Nc1ccc2c(n1)[C@](C)(N)CCC2. The molecule has 1 aromatic carbocycles. The third-order valence-electron chi connectivity index (χ3n) is 7.34. The Labute approximate surface area is 229 Å². The molecule has 1 atom stereocenters. The van der Waals surface area contributed by atoms with E-state index >= 15 is 0 Å². The maximum atomic E-state index is 12.9. The second kappa shape index (κ2) is 11.4. The van der Waals surface area contributed by atoms with Crippen molar-refractivity contribution in [1.29, 1.82) is 0 Å². The second-order valence-corrected chi connectivity index (χ2v) is 10.5. The van der Waals surface area contributed by atoms with Crippen molar-refractivity contribution in [2.45, 2.75) is 31.7 Å². The number of hydrogen-bond acceptors (Lipinski definition) is 9. The molecule has 1 aliphatic carbocycles. The minimum absolute atomic E-state index is 0.304. The molecule has 0 radical (unpaired) electrons. The standard InChI is InChI=1S/C29H37N9O/c1-4-14-31-27(39)23-19-32-28(33-21-8-10-22(11-9-21)38-17-15-37(3)16-18-38)36-26(23)35-24-12-7-20-6-5-13-29(2,30)25(20)34-24/h4,7-12,19H,1,5-6,13-18,30H2,2-3H3,(H,31,39)(H2,32,33,34,35,36)/t29-/m1/s1. The van der Waals surface area contributed by atoms with Gasteiger partial charge in [0, 0.05) is 50.3 Å². The summed E-state index contributed by atoms with van der Waals surface area (Å²) in [6.07, 6.45) is 6.01. The van der Waals surface area contributed by atoms with Crippen LogP contribution in [-0.4, -0.2) is 65.5 Å². The fourth-order valence-electron chi connectivity index (χ4n) is 5.05.